The van der Waals surface area contributed by atoms with Crippen molar-refractivity contribution in [2.24, 2.45) is 13.0 Å². The van der Waals surface area contributed by atoms with E-state index >= 15 is 0 Å². The molecule has 0 bridgehead atoms. The molecule has 2 heterocycles. The highest BCUT2D eigenvalue weighted by atomic mass is 16.5. The van der Waals surface area contributed by atoms with Crippen LogP contribution in [0.3, 0.4) is 0 Å². The summed E-state index contributed by atoms with van der Waals surface area (Å²) in [5.41, 5.74) is 0. The Hall–Kier alpha value is -0.940. The molecule has 1 aliphatic rings. The highest BCUT2D eigenvalue weighted by molar-refractivity contribution is 4.83. The van der Waals surface area contributed by atoms with Crippen molar-refractivity contribution in [1.82, 2.24) is 20.1 Å². The minimum atomic E-state index is 0.469. The van der Waals surface area contributed by atoms with Crippen LogP contribution in [-0.2, 0) is 18.3 Å². The number of ether oxygens (including phenoxy) is 1. The monoisotopic (exact) mass is 210 g/mol. The van der Waals surface area contributed by atoms with Crippen molar-refractivity contribution in [3.8, 4) is 0 Å². The fourth-order valence-corrected chi connectivity index (χ4v) is 1.83. The van der Waals surface area contributed by atoms with Crippen LogP contribution in [0.5, 0.6) is 0 Å². The zero-order valence-corrected chi connectivity index (χ0v) is 9.31. The average molecular weight is 210 g/mol. The van der Waals surface area contributed by atoms with Gasteiger partial charge >= 0.3 is 0 Å². The number of aryl methyl sites for hydroxylation is 1. The van der Waals surface area contributed by atoms with Crippen LogP contribution in [0, 0.1) is 5.92 Å². The van der Waals surface area contributed by atoms with Crippen LogP contribution in [0.25, 0.3) is 0 Å². The molecule has 5 nitrogen and oxygen atoms in total. The summed E-state index contributed by atoms with van der Waals surface area (Å²) < 4.78 is 7.08. The maximum atomic E-state index is 5.36. The summed E-state index contributed by atoms with van der Waals surface area (Å²) in [5, 5.41) is 7.66. The number of aromatic nitrogens is 3. The van der Waals surface area contributed by atoms with Gasteiger partial charge in [0.05, 0.1) is 13.2 Å². The van der Waals surface area contributed by atoms with E-state index in [0.717, 1.165) is 32.0 Å². The second-order valence-corrected chi connectivity index (χ2v) is 4.13. The molecular formula is C10H18N4O. The van der Waals surface area contributed by atoms with Gasteiger partial charge in [0, 0.05) is 19.7 Å². The van der Waals surface area contributed by atoms with Crippen molar-refractivity contribution in [3.05, 3.63) is 12.2 Å². The fraction of sp³-hybridized carbons (Fsp3) is 0.800. The molecule has 0 radical (unpaired) electrons. The van der Waals surface area contributed by atoms with Crippen LogP contribution < -0.4 is 5.32 Å². The molecule has 0 saturated carbocycles. The fourth-order valence-electron chi connectivity index (χ4n) is 1.83. The molecule has 2 atom stereocenters. The predicted molar refractivity (Wildman–Crippen MR) is 56.2 cm³/mol. The van der Waals surface area contributed by atoms with Gasteiger partial charge < -0.3 is 10.1 Å². The molecular weight excluding hydrogens is 192 g/mol. The van der Waals surface area contributed by atoms with E-state index in [9.17, 15) is 0 Å². The molecule has 1 aromatic rings. The van der Waals surface area contributed by atoms with Crippen LogP contribution in [0.1, 0.15) is 19.2 Å². The normalized spacial score (nSPS) is 23.2. The van der Waals surface area contributed by atoms with Crippen LogP contribution in [0.2, 0.25) is 0 Å². The largest absolute Gasteiger partial charge is 0.381 e. The summed E-state index contributed by atoms with van der Waals surface area (Å²) in [6.45, 7) is 4.71. The van der Waals surface area contributed by atoms with Crippen LogP contribution >= 0.6 is 0 Å². The first kappa shape index (κ1) is 10.6. The van der Waals surface area contributed by atoms with E-state index in [1.807, 2.05) is 7.05 Å². The maximum Gasteiger partial charge on any atom is 0.164 e. The molecule has 15 heavy (non-hydrogen) atoms. The van der Waals surface area contributed by atoms with Crippen molar-refractivity contribution in [2.75, 3.05) is 13.2 Å². The van der Waals surface area contributed by atoms with Crippen LogP contribution in [0.15, 0.2) is 6.33 Å². The van der Waals surface area contributed by atoms with Gasteiger partial charge in [-0.05, 0) is 19.3 Å². The van der Waals surface area contributed by atoms with Gasteiger partial charge in [-0.15, -0.1) is 0 Å². The summed E-state index contributed by atoms with van der Waals surface area (Å²) >= 11 is 0. The molecule has 5 heteroatoms. The molecule has 1 fully saturated rings. The first-order valence-corrected chi connectivity index (χ1v) is 5.41. The van der Waals surface area contributed by atoms with Gasteiger partial charge in [0.1, 0.15) is 6.33 Å². The Morgan fingerprint density at radius 3 is 3.20 bits per heavy atom. The highest BCUT2D eigenvalue weighted by Gasteiger charge is 2.21. The lowest BCUT2D eigenvalue weighted by molar-refractivity contribution is 0.178. The molecule has 2 unspecified atom stereocenters. The Balaban J connectivity index is 1.77. The van der Waals surface area contributed by atoms with Crippen molar-refractivity contribution in [1.29, 1.82) is 0 Å². The Labute approximate surface area is 89.8 Å². The summed E-state index contributed by atoms with van der Waals surface area (Å²) in [7, 11) is 1.88. The zero-order chi connectivity index (χ0) is 10.7. The molecule has 1 aromatic heterocycles. The molecule has 2 rings (SSSR count). The third-order valence-electron chi connectivity index (χ3n) is 2.90. The quantitative estimate of drug-likeness (QED) is 0.778. The second-order valence-electron chi connectivity index (χ2n) is 4.13. The standard InChI is InChI=1S/C10H18N4O/c1-8(9-3-4-15-6-9)11-5-10-12-7-14(2)13-10/h7-9,11H,3-6H2,1-2H3. The van der Waals surface area contributed by atoms with Crippen molar-refractivity contribution in [3.63, 3.8) is 0 Å². The Morgan fingerprint density at radius 2 is 2.60 bits per heavy atom. The van der Waals surface area contributed by atoms with Gasteiger partial charge in [0.25, 0.3) is 0 Å². The van der Waals surface area contributed by atoms with Crippen molar-refractivity contribution >= 4 is 0 Å². The minimum Gasteiger partial charge on any atom is -0.381 e. The number of hydrogen-bond donors (Lipinski definition) is 1. The van der Waals surface area contributed by atoms with E-state index < -0.39 is 0 Å². The van der Waals surface area contributed by atoms with E-state index in [2.05, 4.69) is 22.3 Å². The molecule has 0 aliphatic carbocycles. The topological polar surface area (TPSA) is 52.0 Å². The lowest BCUT2D eigenvalue weighted by Gasteiger charge is -2.18. The van der Waals surface area contributed by atoms with Crippen LogP contribution in [-0.4, -0.2) is 34.0 Å². The van der Waals surface area contributed by atoms with Crippen LogP contribution in [0.4, 0.5) is 0 Å². The van der Waals surface area contributed by atoms with E-state index in [1.165, 1.54) is 0 Å². The Morgan fingerprint density at radius 1 is 1.73 bits per heavy atom. The molecule has 0 aromatic carbocycles. The lowest BCUT2D eigenvalue weighted by Crippen LogP contribution is -2.33. The smallest absolute Gasteiger partial charge is 0.164 e. The third kappa shape index (κ3) is 2.76. The maximum absolute atomic E-state index is 5.36. The van der Waals surface area contributed by atoms with E-state index in [1.54, 1.807) is 11.0 Å². The lowest BCUT2D eigenvalue weighted by atomic mass is 10.0. The van der Waals surface area contributed by atoms with E-state index in [-0.39, 0.29) is 0 Å². The molecule has 1 saturated heterocycles. The SMILES string of the molecule is CC(NCc1ncn(C)n1)C1CCOC1. The first-order valence-electron chi connectivity index (χ1n) is 5.41. The van der Waals surface area contributed by atoms with Gasteiger partial charge in [0.15, 0.2) is 5.82 Å². The Bertz CT molecular complexity index is 306. The molecule has 0 spiro atoms. The van der Waals surface area contributed by atoms with E-state index in [0.29, 0.717) is 12.0 Å². The molecule has 0 amide bonds. The summed E-state index contributed by atoms with van der Waals surface area (Å²) in [5.74, 6) is 1.48. The predicted octanol–water partition coefficient (Wildman–Crippen LogP) is 0.330. The highest BCUT2D eigenvalue weighted by Crippen LogP contribution is 2.16. The minimum absolute atomic E-state index is 0.469. The summed E-state index contributed by atoms with van der Waals surface area (Å²) in [4.78, 5) is 4.17. The zero-order valence-electron chi connectivity index (χ0n) is 9.31. The number of nitrogens with zero attached hydrogens (tertiary/aromatic N) is 3. The Kier molecular flexibility index (Phi) is 3.33. The van der Waals surface area contributed by atoms with Gasteiger partial charge in [-0.2, -0.15) is 5.10 Å². The second kappa shape index (κ2) is 4.72. The molecule has 1 N–H and O–H groups in total. The summed E-state index contributed by atoms with van der Waals surface area (Å²) in [6, 6.07) is 0.469. The van der Waals surface area contributed by atoms with Gasteiger partial charge in [-0.1, -0.05) is 0 Å². The van der Waals surface area contributed by atoms with Crippen molar-refractivity contribution < 1.29 is 4.74 Å². The number of hydrogen-bond acceptors (Lipinski definition) is 4. The van der Waals surface area contributed by atoms with Crippen molar-refractivity contribution in [2.45, 2.75) is 25.9 Å². The third-order valence-corrected chi connectivity index (χ3v) is 2.90. The van der Waals surface area contributed by atoms with E-state index in [4.69, 9.17) is 4.74 Å². The van der Waals surface area contributed by atoms with Gasteiger partial charge in [0.2, 0.25) is 0 Å². The number of nitrogens with one attached hydrogen (secondary N) is 1. The molecule has 84 valence electrons. The molecule has 1 aliphatic heterocycles. The average Bonchev–Trinajstić information content (AvgIpc) is 2.84. The number of rotatable bonds is 4. The summed E-state index contributed by atoms with van der Waals surface area (Å²) in [6.07, 6.45) is 2.88. The van der Waals surface area contributed by atoms with Gasteiger partial charge in [-0.3, -0.25) is 4.68 Å². The van der Waals surface area contributed by atoms with Gasteiger partial charge in [-0.25, -0.2) is 4.98 Å². The first-order chi connectivity index (χ1) is 7.25.